The van der Waals surface area contributed by atoms with E-state index in [0.717, 1.165) is 30.8 Å². The molecule has 0 fully saturated rings. The number of amides is 1. The fourth-order valence-corrected chi connectivity index (χ4v) is 3.13. The monoisotopic (exact) mass is 397 g/mol. The molecule has 152 valence electrons. The van der Waals surface area contributed by atoms with Crippen LogP contribution in [0.15, 0.2) is 42.6 Å². The van der Waals surface area contributed by atoms with Crippen LogP contribution in [0.5, 0.6) is 5.75 Å². The summed E-state index contributed by atoms with van der Waals surface area (Å²) >= 11 is 0. The number of pyridine rings is 1. The van der Waals surface area contributed by atoms with Crippen LogP contribution in [0.25, 0.3) is 5.65 Å². The molecule has 1 amide bonds. The van der Waals surface area contributed by atoms with Crippen LogP contribution in [0, 0.1) is 5.82 Å². The smallest absolute Gasteiger partial charge is 0.215 e. The molecule has 7 heteroatoms. The van der Waals surface area contributed by atoms with Gasteiger partial charge >= 0.3 is 0 Å². The maximum absolute atomic E-state index is 13.0. The first-order valence-electron chi connectivity index (χ1n) is 9.72. The van der Waals surface area contributed by atoms with Crippen molar-refractivity contribution in [2.75, 3.05) is 18.1 Å². The number of aryl methyl sites for hydroxylation is 1. The SMILES string of the molecule is CCCCN(C=O)c1c(CC)nc2c(OCC(=O)c3ccc(F)cc3)cccn12. The topological polar surface area (TPSA) is 63.9 Å². The predicted molar refractivity (Wildman–Crippen MR) is 109 cm³/mol. The van der Waals surface area contributed by atoms with Gasteiger partial charge < -0.3 is 4.74 Å². The molecule has 0 saturated heterocycles. The van der Waals surface area contributed by atoms with Crippen LogP contribution >= 0.6 is 0 Å². The lowest BCUT2D eigenvalue weighted by Crippen LogP contribution is -2.24. The van der Waals surface area contributed by atoms with Gasteiger partial charge in [0.2, 0.25) is 6.41 Å². The van der Waals surface area contributed by atoms with E-state index in [1.165, 1.54) is 24.3 Å². The number of fused-ring (bicyclic) bond motifs is 1. The molecule has 1 aromatic carbocycles. The number of benzene rings is 1. The Morgan fingerprint density at radius 2 is 2.00 bits per heavy atom. The molecular weight excluding hydrogens is 373 g/mol. The van der Waals surface area contributed by atoms with Crippen molar-refractivity contribution in [1.29, 1.82) is 0 Å². The van der Waals surface area contributed by atoms with Crippen molar-refractivity contribution < 1.29 is 18.7 Å². The second kappa shape index (κ2) is 9.32. The highest BCUT2D eigenvalue weighted by atomic mass is 19.1. The zero-order valence-corrected chi connectivity index (χ0v) is 16.6. The maximum atomic E-state index is 13.0. The molecule has 0 spiro atoms. The van der Waals surface area contributed by atoms with Gasteiger partial charge in [-0.1, -0.05) is 20.3 Å². The fourth-order valence-electron chi connectivity index (χ4n) is 3.13. The minimum Gasteiger partial charge on any atom is -0.482 e. The summed E-state index contributed by atoms with van der Waals surface area (Å²) in [5.41, 5.74) is 1.71. The standard InChI is InChI=1S/C22H24FN3O3/c1-3-5-12-25(15-27)22-18(4-2)24-21-20(7-6-13-26(21)22)29-14-19(28)16-8-10-17(23)11-9-16/h6-11,13,15H,3-5,12,14H2,1-2H3. The van der Waals surface area contributed by atoms with Gasteiger partial charge in [0, 0.05) is 18.3 Å². The zero-order chi connectivity index (χ0) is 20.8. The van der Waals surface area contributed by atoms with Gasteiger partial charge in [-0.15, -0.1) is 0 Å². The summed E-state index contributed by atoms with van der Waals surface area (Å²) in [5, 5.41) is 0. The number of carbonyl (C=O) groups excluding carboxylic acids is 2. The van der Waals surface area contributed by atoms with E-state index in [1.807, 2.05) is 17.5 Å². The number of halogens is 1. The number of carbonyl (C=O) groups is 2. The summed E-state index contributed by atoms with van der Waals surface area (Å²) in [6, 6.07) is 8.87. The fraction of sp³-hybridized carbons (Fsp3) is 0.318. The van der Waals surface area contributed by atoms with Crippen molar-refractivity contribution in [1.82, 2.24) is 9.38 Å². The molecule has 3 rings (SSSR count). The van der Waals surface area contributed by atoms with Crippen molar-refractivity contribution in [3.63, 3.8) is 0 Å². The molecule has 3 aromatic rings. The number of nitrogens with zero attached hydrogens (tertiary/aromatic N) is 3. The normalized spacial score (nSPS) is 10.9. The maximum Gasteiger partial charge on any atom is 0.215 e. The highest BCUT2D eigenvalue weighted by Gasteiger charge is 2.19. The summed E-state index contributed by atoms with van der Waals surface area (Å²) in [5.74, 6) is 0.519. The first-order chi connectivity index (χ1) is 14.1. The van der Waals surface area contributed by atoms with Crippen LogP contribution in [0.3, 0.4) is 0 Å². The van der Waals surface area contributed by atoms with Crippen molar-refractivity contribution in [3.8, 4) is 5.75 Å². The summed E-state index contributed by atoms with van der Waals surface area (Å²) in [4.78, 5) is 30.3. The first kappa shape index (κ1) is 20.5. The number of hydrogen-bond acceptors (Lipinski definition) is 4. The number of rotatable bonds is 10. The van der Waals surface area contributed by atoms with Gasteiger partial charge in [0.05, 0.1) is 5.69 Å². The molecule has 0 unspecified atom stereocenters. The van der Waals surface area contributed by atoms with Crippen molar-refractivity contribution >= 4 is 23.7 Å². The minimum absolute atomic E-state index is 0.192. The van der Waals surface area contributed by atoms with Crippen LogP contribution < -0.4 is 9.64 Å². The van der Waals surface area contributed by atoms with Gasteiger partial charge in [0.1, 0.15) is 11.6 Å². The Morgan fingerprint density at radius 3 is 2.66 bits per heavy atom. The Bertz CT molecular complexity index is 998. The largest absolute Gasteiger partial charge is 0.482 e. The lowest BCUT2D eigenvalue weighted by atomic mass is 10.1. The molecule has 0 aliphatic rings. The number of hydrogen-bond donors (Lipinski definition) is 0. The number of anilines is 1. The summed E-state index contributed by atoms with van der Waals surface area (Å²) in [6.45, 7) is 4.46. The van der Waals surface area contributed by atoms with E-state index >= 15 is 0 Å². The average molecular weight is 397 g/mol. The molecule has 2 aromatic heterocycles. The first-order valence-corrected chi connectivity index (χ1v) is 9.72. The van der Waals surface area contributed by atoms with Crippen molar-refractivity contribution in [2.24, 2.45) is 0 Å². The average Bonchev–Trinajstić information content (AvgIpc) is 3.12. The second-order valence-electron chi connectivity index (χ2n) is 6.67. The summed E-state index contributed by atoms with van der Waals surface area (Å²) in [6.07, 6.45) is 5.17. The third-order valence-corrected chi connectivity index (χ3v) is 4.67. The molecular formula is C22H24FN3O3. The minimum atomic E-state index is -0.396. The molecule has 6 nitrogen and oxygen atoms in total. The molecule has 0 atom stereocenters. The van der Waals surface area contributed by atoms with E-state index in [0.29, 0.717) is 29.9 Å². The molecule has 0 N–H and O–H groups in total. The van der Waals surface area contributed by atoms with Gasteiger partial charge in [-0.3, -0.25) is 18.9 Å². The quantitative estimate of drug-likeness (QED) is 0.382. The Hall–Kier alpha value is -3.22. The molecule has 0 bridgehead atoms. The molecule has 29 heavy (non-hydrogen) atoms. The van der Waals surface area contributed by atoms with Crippen LogP contribution in [0.4, 0.5) is 10.2 Å². The third-order valence-electron chi connectivity index (χ3n) is 4.67. The predicted octanol–water partition coefficient (Wildman–Crippen LogP) is 4.06. The number of imidazole rings is 1. The van der Waals surface area contributed by atoms with E-state index in [4.69, 9.17) is 4.74 Å². The highest BCUT2D eigenvalue weighted by Crippen LogP contribution is 2.28. The number of aromatic nitrogens is 2. The third kappa shape index (κ3) is 4.45. The van der Waals surface area contributed by atoms with Gasteiger partial charge in [-0.05, 0) is 49.2 Å². The Morgan fingerprint density at radius 1 is 1.24 bits per heavy atom. The second-order valence-corrected chi connectivity index (χ2v) is 6.67. The van der Waals surface area contributed by atoms with Crippen LogP contribution in [0.2, 0.25) is 0 Å². The Labute approximate surface area is 168 Å². The van der Waals surface area contributed by atoms with Crippen molar-refractivity contribution in [3.05, 3.63) is 59.7 Å². The Balaban J connectivity index is 1.88. The van der Waals surface area contributed by atoms with E-state index < -0.39 is 5.82 Å². The molecule has 0 saturated carbocycles. The van der Waals surface area contributed by atoms with Crippen LogP contribution in [-0.2, 0) is 11.2 Å². The van der Waals surface area contributed by atoms with E-state index in [1.54, 1.807) is 17.0 Å². The lowest BCUT2D eigenvalue weighted by molar-refractivity contribution is -0.107. The number of ether oxygens (including phenoxy) is 1. The highest BCUT2D eigenvalue weighted by molar-refractivity contribution is 5.97. The van der Waals surface area contributed by atoms with Gasteiger partial charge in [-0.25, -0.2) is 9.37 Å². The van der Waals surface area contributed by atoms with Crippen LogP contribution in [-0.4, -0.2) is 34.7 Å². The van der Waals surface area contributed by atoms with Gasteiger partial charge in [-0.2, -0.15) is 0 Å². The number of unbranched alkanes of at least 4 members (excludes halogenated alkanes) is 1. The van der Waals surface area contributed by atoms with Gasteiger partial charge in [0.25, 0.3) is 0 Å². The van der Waals surface area contributed by atoms with Crippen LogP contribution in [0.1, 0.15) is 42.7 Å². The zero-order valence-electron chi connectivity index (χ0n) is 16.6. The number of ketones is 1. The number of Topliss-reactive ketones (excluding diaryl/α,β-unsaturated/α-hetero) is 1. The summed E-state index contributed by atoms with van der Waals surface area (Å²) < 4.78 is 20.6. The molecule has 2 heterocycles. The van der Waals surface area contributed by atoms with E-state index in [2.05, 4.69) is 11.9 Å². The van der Waals surface area contributed by atoms with E-state index in [-0.39, 0.29) is 12.4 Å². The van der Waals surface area contributed by atoms with E-state index in [9.17, 15) is 14.0 Å². The molecule has 0 radical (unpaired) electrons. The summed E-state index contributed by atoms with van der Waals surface area (Å²) in [7, 11) is 0. The van der Waals surface area contributed by atoms with Crippen molar-refractivity contribution in [2.45, 2.75) is 33.1 Å². The lowest BCUT2D eigenvalue weighted by Gasteiger charge is -2.18. The Kier molecular flexibility index (Phi) is 6.59. The van der Waals surface area contributed by atoms with Gasteiger partial charge in [0.15, 0.2) is 23.8 Å². The molecule has 0 aliphatic carbocycles. The molecule has 0 aliphatic heterocycles.